The Bertz CT molecular complexity index is 851. The summed E-state index contributed by atoms with van der Waals surface area (Å²) in [6, 6.07) is 33.7. The molecular weight excluding hydrogens is 384 g/mol. The van der Waals surface area contributed by atoms with Crippen LogP contribution in [0.25, 0.3) is 0 Å². The van der Waals surface area contributed by atoms with Crippen LogP contribution in [0.5, 0.6) is 0 Å². The van der Waals surface area contributed by atoms with Gasteiger partial charge in [0.15, 0.2) is 0 Å². The lowest BCUT2D eigenvalue weighted by atomic mass is 10.1. The van der Waals surface area contributed by atoms with Gasteiger partial charge in [-0.3, -0.25) is 0 Å². The molecule has 0 saturated carbocycles. The fourth-order valence-electron chi connectivity index (χ4n) is 2.60. The standard InChI is InChI=1S/4C8H10/c2*1-7-3-5-8(2)6-4-7;2*1-7-5-3-4-6-8(7)2/h4*3-6H,1-2H3. The third kappa shape index (κ3) is 11.9. The van der Waals surface area contributed by atoms with E-state index in [1.807, 2.05) is 0 Å². The molecule has 0 aliphatic carbocycles. The lowest BCUT2D eigenvalue weighted by Gasteiger charge is -1.93. The maximum Gasteiger partial charge on any atom is -0.0395 e. The van der Waals surface area contributed by atoms with Gasteiger partial charge in [0, 0.05) is 0 Å². The predicted molar refractivity (Wildman–Crippen MR) is 144 cm³/mol. The van der Waals surface area contributed by atoms with Crippen molar-refractivity contribution in [1.29, 1.82) is 0 Å². The Morgan fingerprint density at radius 1 is 0.250 bits per heavy atom. The number of hydrogen-bond donors (Lipinski definition) is 0. The third-order valence-electron chi connectivity index (χ3n) is 5.29. The molecule has 0 aromatic heterocycles. The number of rotatable bonds is 0. The maximum absolute atomic E-state index is 2.12. The molecule has 0 heterocycles. The SMILES string of the molecule is Cc1ccc(C)cc1.Cc1ccc(C)cc1.Cc1ccccc1C.Cc1ccccc1C. The Balaban J connectivity index is 0.000000213. The smallest absolute Gasteiger partial charge is 0.0395 e. The fourth-order valence-corrected chi connectivity index (χ4v) is 2.60. The minimum absolute atomic E-state index is 1.33. The van der Waals surface area contributed by atoms with E-state index in [-0.39, 0.29) is 0 Å². The van der Waals surface area contributed by atoms with Crippen molar-refractivity contribution in [2.24, 2.45) is 0 Å². The molecule has 4 aromatic carbocycles. The topological polar surface area (TPSA) is 0 Å². The van der Waals surface area contributed by atoms with Crippen molar-refractivity contribution in [3.05, 3.63) is 142 Å². The first-order valence-electron chi connectivity index (χ1n) is 11.3. The van der Waals surface area contributed by atoms with Gasteiger partial charge in [0.2, 0.25) is 0 Å². The van der Waals surface area contributed by atoms with E-state index in [0.29, 0.717) is 0 Å². The molecule has 0 atom stereocenters. The minimum atomic E-state index is 1.33. The Morgan fingerprint density at radius 3 is 0.531 bits per heavy atom. The summed E-state index contributed by atoms with van der Waals surface area (Å²) in [5.74, 6) is 0. The van der Waals surface area contributed by atoms with Crippen LogP contribution in [-0.2, 0) is 0 Å². The van der Waals surface area contributed by atoms with Gasteiger partial charge in [-0.1, -0.05) is 119 Å². The van der Waals surface area contributed by atoms with Gasteiger partial charge >= 0.3 is 0 Å². The van der Waals surface area contributed by atoms with Crippen LogP contribution >= 0.6 is 0 Å². The molecule has 168 valence electrons. The minimum Gasteiger partial charge on any atom is -0.0620 e. The molecule has 0 amide bonds. The van der Waals surface area contributed by atoms with Gasteiger partial charge in [-0.05, 0) is 77.6 Å². The molecule has 0 nitrogen and oxygen atoms in total. The van der Waals surface area contributed by atoms with Crippen LogP contribution in [0.15, 0.2) is 97.1 Å². The van der Waals surface area contributed by atoms with Crippen LogP contribution in [0.4, 0.5) is 0 Å². The average Bonchev–Trinajstić information content (AvgIpc) is 2.78. The van der Waals surface area contributed by atoms with Crippen molar-refractivity contribution in [1.82, 2.24) is 0 Å². The molecule has 0 fully saturated rings. The fraction of sp³-hybridized carbons (Fsp3) is 0.250. The molecular formula is C32H40. The highest BCUT2D eigenvalue weighted by molar-refractivity contribution is 5.24. The van der Waals surface area contributed by atoms with Gasteiger partial charge in [0.1, 0.15) is 0 Å². The lowest BCUT2D eigenvalue weighted by molar-refractivity contribution is 1.34. The van der Waals surface area contributed by atoms with Crippen molar-refractivity contribution >= 4 is 0 Å². The van der Waals surface area contributed by atoms with Crippen LogP contribution in [0.1, 0.15) is 44.5 Å². The van der Waals surface area contributed by atoms with Gasteiger partial charge < -0.3 is 0 Å². The second-order valence-corrected chi connectivity index (χ2v) is 8.48. The molecule has 0 heteroatoms. The summed E-state index contributed by atoms with van der Waals surface area (Å²) in [7, 11) is 0. The first-order chi connectivity index (χ1) is 15.2. The van der Waals surface area contributed by atoms with E-state index >= 15 is 0 Å². The van der Waals surface area contributed by atoms with Crippen molar-refractivity contribution in [3.63, 3.8) is 0 Å². The quantitative estimate of drug-likeness (QED) is 0.264. The summed E-state index contributed by atoms with van der Waals surface area (Å²) >= 11 is 0. The first kappa shape index (κ1) is 26.9. The summed E-state index contributed by atoms with van der Waals surface area (Å²) in [5.41, 5.74) is 10.8. The van der Waals surface area contributed by atoms with E-state index < -0.39 is 0 Å². The zero-order valence-electron chi connectivity index (χ0n) is 21.2. The molecule has 0 aliphatic heterocycles. The molecule has 0 saturated heterocycles. The highest BCUT2D eigenvalue weighted by Gasteiger charge is 1.85. The summed E-state index contributed by atoms with van der Waals surface area (Å²) < 4.78 is 0. The lowest BCUT2D eigenvalue weighted by Crippen LogP contribution is -1.74. The Morgan fingerprint density at radius 2 is 0.406 bits per heavy atom. The normalized spacial score (nSPS) is 9.25. The summed E-state index contributed by atoms with van der Waals surface area (Å²) in [4.78, 5) is 0. The molecule has 0 spiro atoms. The van der Waals surface area contributed by atoms with E-state index in [1.165, 1.54) is 44.5 Å². The zero-order chi connectivity index (χ0) is 23.9. The summed E-state index contributed by atoms with van der Waals surface area (Å²) in [6.45, 7) is 16.9. The van der Waals surface area contributed by atoms with E-state index in [1.54, 1.807) is 0 Å². The van der Waals surface area contributed by atoms with Crippen molar-refractivity contribution in [3.8, 4) is 0 Å². The molecule has 32 heavy (non-hydrogen) atoms. The van der Waals surface area contributed by atoms with Gasteiger partial charge in [0.05, 0.1) is 0 Å². The van der Waals surface area contributed by atoms with Crippen LogP contribution < -0.4 is 0 Å². The number of benzene rings is 4. The van der Waals surface area contributed by atoms with E-state index in [0.717, 1.165) is 0 Å². The predicted octanol–water partition coefficient (Wildman–Crippen LogP) is 9.21. The first-order valence-corrected chi connectivity index (χ1v) is 11.3. The van der Waals surface area contributed by atoms with Gasteiger partial charge in [-0.25, -0.2) is 0 Å². The molecule has 0 aliphatic rings. The summed E-state index contributed by atoms with van der Waals surface area (Å²) in [5, 5.41) is 0. The average molecular weight is 425 g/mol. The van der Waals surface area contributed by atoms with E-state index in [2.05, 4.69) is 152 Å². The summed E-state index contributed by atoms with van der Waals surface area (Å²) in [6.07, 6.45) is 0. The van der Waals surface area contributed by atoms with Crippen molar-refractivity contribution < 1.29 is 0 Å². The van der Waals surface area contributed by atoms with Gasteiger partial charge in [-0.2, -0.15) is 0 Å². The van der Waals surface area contributed by atoms with E-state index in [9.17, 15) is 0 Å². The second-order valence-electron chi connectivity index (χ2n) is 8.48. The molecule has 0 unspecified atom stereocenters. The highest BCUT2D eigenvalue weighted by Crippen LogP contribution is 2.03. The van der Waals surface area contributed by atoms with Crippen molar-refractivity contribution in [2.45, 2.75) is 55.4 Å². The maximum atomic E-state index is 2.12. The van der Waals surface area contributed by atoms with Crippen LogP contribution in [-0.4, -0.2) is 0 Å². The largest absolute Gasteiger partial charge is 0.0620 e. The van der Waals surface area contributed by atoms with Crippen LogP contribution in [0, 0.1) is 55.4 Å². The second kappa shape index (κ2) is 14.8. The van der Waals surface area contributed by atoms with Gasteiger partial charge in [0.25, 0.3) is 0 Å². The Labute approximate surface area is 197 Å². The molecule has 0 radical (unpaired) electrons. The number of hydrogen-bond acceptors (Lipinski definition) is 0. The van der Waals surface area contributed by atoms with Crippen molar-refractivity contribution in [2.75, 3.05) is 0 Å². The highest BCUT2D eigenvalue weighted by atomic mass is 13.9. The van der Waals surface area contributed by atoms with E-state index in [4.69, 9.17) is 0 Å². The molecule has 0 bridgehead atoms. The molecule has 4 aromatic rings. The third-order valence-corrected chi connectivity index (χ3v) is 5.29. The van der Waals surface area contributed by atoms with Crippen LogP contribution in [0.2, 0.25) is 0 Å². The molecule has 4 rings (SSSR count). The zero-order valence-corrected chi connectivity index (χ0v) is 21.2. The Kier molecular flexibility index (Phi) is 12.5. The monoisotopic (exact) mass is 424 g/mol. The van der Waals surface area contributed by atoms with Gasteiger partial charge in [-0.15, -0.1) is 0 Å². The molecule has 0 N–H and O–H groups in total. The van der Waals surface area contributed by atoms with Crippen LogP contribution in [0.3, 0.4) is 0 Å². The Hall–Kier alpha value is -3.12. The number of aryl methyl sites for hydroxylation is 8.